The highest BCUT2D eigenvalue weighted by atomic mass is 32.1. The maximum absolute atomic E-state index is 9.72. The molecule has 0 saturated carbocycles. The van der Waals surface area contributed by atoms with Gasteiger partial charge < -0.3 is 4.57 Å². The second-order valence-corrected chi connectivity index (χ2v) is 18.8. The number of aliphatic imine (C=N–C) groups is 2. The van der Waals surface area contributed by atoms with Crippen molar-refractivity contribution in [3.05, 3.63) is 259 Å². The molecule has 2 aromatic heterocycles. The fraction of sp³-hybridized carbons (Fsp3) is 0. The van der Waals surface area contributed by atoms with Crippen LogP contribution in [0.1, 0.15) is 16.7 Å². The van der Waals surface area contributed by atoms with Gasteiger partial charge in [0.2, 0.25) is 0 Å². The van der Waals surface area contributed by atoms with Crippen LogP contribution in [-0.4, -0.2) is 22.5 Å². The van der Waals surface area contributed by atoms with E-state index in [2.05, 4.69) is 223 Å². The van der Waals surface area contributed by atoms with Crippen molar-refractivity contribution in [1.82, 2.24) is 4.57 Å². The van der Waals surface area contributed by atoms with Crippen LogP contribution in [0.5, 0.6) is 0 Å². The summed E-state index contributed by atoms with van der Waals surface area (Å²) in [6.45, 7) is 0. The van der Waals surface area contributed by atoms with Gasteiger partial charge in [0.25, 0.3) is 0 Å². The topological polar surface area (TPSA) is 53.5 Å². The zero-order valence-corrected chi connectivity index (χ0v) is 38.7. The molecule has 0 unspecified atom stereocenters. The van der Waals surface area contributed by atoms with Gasteiger partial charge in [-0.25, -0.2) is 9.98 Å². The van der Waals surface area contributed by atoms with Gasteiger partial charge in [0.15, 0.2) is 11.7 Å². The number of benzene rings is 11. The van der Waals surface area contributed by atoms with E-state index in [9.17, 15) is 5.41 Å². The van der Waals surface area contributed by atoms with Crippen LogP contribution in [0.25, 0.3) is 103 Å². The van der Waals surface area contributed by atoms with Crippen LogP contribution >= 0.6 is 11.3 Å². The van der Waals surface area contributed by atoms with Gasteiger partial charge in [0.1, 0.15) is 0 Å². The summed E-state index contributed by atoms with van der Waals surface area (Å²) in [5.74, 6) is 0.617. The number of aromatic nitrogens is 1. The summed E-state index contributed by atoms with van der Waals surface area (Å²) >= 11 is 1.77. The summed E-state index contributed by atoms with van der Waals surface area (Å²) in [4.78, 5) is 10.4. The van der Waals surface area contributed by atoms with Crippen molar-refractivity contribution in [2.75, 3.05) is 0 Å². The number of rotatable bonds is 7. The molecule has 0 fully saturated rings. The first-order valence-corrected chi connectivity index (χ1v) is 24.4. The van der Waals surface area contributed by atoms with Crippen molar-refractivity contribution in [2.24, 2.45) is 9.98 Å². The van der Waals surface area contributed by atoms with E-state index >= 15 is 0 Å². The van der Waals surface area contributed by atoms with E-state index in [0.29, 0.717) is 5.84 Å². The van der Waals surface area contributed by atoms with Gasteiger partial charge in [-0.2, -0.15) is 0 Å². The molecule has 0 radical (unpaired) electrons. The molecule has 0 saturated heterocycles. The van der Waals surface area contributed by atoms with Crippen molar-refractivity contribution in [2.45, 2.75) is 0 Å². The predicted octanol–water partition coefficient (Wildman–Crippen LogP) is 17.4. The van der Waals surface area contributed by atoms with Crippen LogP contribution in [0, 0.1) is 5.41 Å². The molecule has 2 heterocycles. The highest BCUT2D eigenvalue weighted by molar-refractivity contribution is 7.26. The molecule has 328 valence electrons. The second-order valence-electron chi connectivity index (χ2n) is 17.7. The summed E-state index contributed by atoms with van der Waals surface area (Å²) < 4.78 is 4.71. The summed E-state index contributed by atoms with van der Waals surface area (Å²) in [7, 11) is 0. The molecule has 5 heteroatoms. The van der Waals surface area contributed by atoms with Crippen LogP contribution in [0.15, 0.2) is 253 Å². The monoisotopic (exact) mass is 910 g/mol. The third-order valence-electron chi connectivity index (χ3n) is 13.6. The number of nitrogens with zero attached hydrogens (tertiary/aromatic N) is 3. The van der Waals surface area contributed by atoms with E-state index in [1.54, 1.807) is 11.3 Å². The maximum atomic E-state index is 9.72. The molecule has 70 heavy (non-hydrogen) atoms. The number of amidine groups is 2. The first-order chi connectivity index (χ1) is 34.6. The number of nitrogens with one attached hydrogen (secondary N) is 1. The summed E-state index contributed by atoms with van der Waals surface area (Å²) in [5, 5.41) is 19.1. The van der Waals surface area contributed by atoms with Gasteiger partial charge >= 0.3 is 0 Å². The van der Waals surface area contributed by atoms with Crippen LogP contribution in [0.3, 0.4) is 0 Å². The molecule has 0 atom stereocenters. The van der Waals surface area contributed by atoms with Crippen LogP contribution in [-0.2, 0) is 0 Å². The predicted molar refractivity (Wildman–Crippen MR) is 299 cm³/mol. The van der Waals surface area contributed by atoms with Gasteiger partial charge in [0, 0.05) is 59.5 Å². The average Bonchev–Trinajstić information content (AvgIpc) is 3.98. The first-order valence-electron chi connectivity index (χ1n) is 23.5. The number of hydrogen-bond donors (Lipinski definition) is 1. The number of hydrogen-bond acceptors (Lipinski definition) is 2. The molecule has 0 aliphatic rings. The average molecular weight is 911 g/mol. The molecular formula is C65H42N4S. The first kappa shape index (κ1) is 41.2. The molecule has 13 rings (SSSR count). The maximum Gasteiger partial charge on any atom is 0.162 e. The zero-order chi connectivity index (χ0) is 46.5. The van der Waals surface area contributed by atoms with Crippen molar-refractivity contribution in [3.63, 3.8) is 0 Å². The van der Waals surface area contributed by atoms with Gasteiger partial charge in [-0.1, -0.05) is 206 Å². The third kappa shape index (κ3) is 7.19. The molecule has 13 aromatic rings. The lowest BCUT2D eigenvalue weighted by atomic mass is 9.96. The van der Waals surface area contributed by atoms with E-state index in [-0.39, 0.29) is 5.84 Å². The Morgan fingerprint density at radius 2 is 1.03 bits per heavy atom. The molecule has 0 spiro atoms. The van der Waals surface area contributed by atoms with Crippen LogP contribution in [0.4, 0.5) is 0 Å². The Morgan fingerprint density at radius 3 is 1.84 bits per heavy atom. The Labute approximate surface area is 408 Å². The Bertz CT molecular complexity index is 4230. The Kier molecular flexibility index (Phi) is 10.1. The SMILES string of the molecule is N=C(N=C(N=Cc1cccc2ccccc12)c1cccc2sc3cc(-n4c5ccc(-c6ccccc6)cc5c5c6ccccc6ccc54)ccc3c12)c1ccccc1-c1ccc(-c2ccccc2)cc1. The van der Waals surface area contributed by atoms with E-state index in [1.807, 2.05) is 30.5 Å². The van der Waals surface area contributed by atoms with Gasteiger partial charge in [-0.3, -0.25) is 5.41 Å². The van der Waals surface area contributed by atoms with Crippen molar-refractivity contribution < 1.29 is 0 Å². The van der Waals surface area contributed by atoms with E-state index < -0.39 is 0 Å². The molecule has 0 amide bonds. The minimum absolute atomic E-state index is 0.140. The van der Waals surface area contributed by atoms with Crippen molar-refractivity contribution in [1.29, 1.82) is 5.41 Å². The minimum atomic E-state index is 0.140. The van der Waals surface area contributed by atoms with E-state index in [4.69, 9.17) is 9.98 Å². The molecular weight excluding hydrogens is 869 g/mol. The fourth-order valence-electron chi connectivity index (χ4n) is 10.3. The molecule has 0 aliphatic heterocycles. The minimum Gasteiger partial charge on any atom is -0.309 e. The summed E-state index contributed by atoms with van der Waals surface area (Å²) in [6.07, 6.45) is 1.91. The van der Waals surface area contributed by atoms with Gasteiger partial charge in [-0.05, 0) is 91.3 Å². The molecule has 4 nitrogen and oxygen atoms in total. The highest BCUT2D eigenvalue weighted by Gasteiger charge is 2.20. The Hall–Kier alpha value is -9.03. The Balaban J connectivity index is 0.960. The summed E-state index contributed by atoms with van der Waals surface area (Å²) in [6, 6.07) is 85.6. The lowest BCUT2D eigenvalue weighted by Gasteiger charge is -2.11. The molecule has 0 bridgehead atoms. The van der Waals surface area contributed by atoms with Crippen molar-refractivity contribution in [3.8, 4) is 39.1 Å². The van der Waals surface area contributed by atoms with Gasteiger partial charge in [0.05, 0.1) is 11.0 Å². The third-order valence-corrected chi connectivity index (χ3v) is 14.7. The van der Waals surface area contributed by atoms with E-state index in [0.717, 1.165) is 81.1 Å². The lowest BCUT2D eigenvalue weighted by Crippen LogP contribution is -2.06. The summed E-state index contributed by atoms with van der Waals surface area (Å²) in [5.41, 5.74) is 12.7. The highest BCUT2D eigenvalue weighted by Crippen LogP contribution is 2.42. The van der Waals surface area contributed by atoms with Crippen molar-refractivity contribution >= 4 is 92.7 Å². The second kappa shape index (κ2) is 17.2. The standard InChI is InChI=1S/C65H42N4S/c66-64(54-26-12-11-24-52(54)47-31-29-44(30-32-47)42-15-3-1-4-16-42)68-65(67-41-49-22-13-21-45-19-7-9-23-51(45)49)56-27-14-28-60-63(56)55-36-35-50(40-61(55)70-60)69-58-37-34-48(43-17-5-2-6-18-43)39-57(58)62-53-25-10-8-20-46(53)33-38-59(62)69/h1-41,66H. The zero-order valence-electron chi connectivity index (χ0n) is 37.9. The number of thiophene rings is 1. The van der Waals surface area contributed by atoms with Gasteiger partial charge in [-0.15, -0.1) is 11.3 Å². The smallest absolute Gasteiger partial charge is 0.162 e. The van der Waals surface area contributed by atoms with Crippen LogP contribution in [0.2, 0.25) is 0 Å². The Morgan fingerprint density at radius 1 is 0.414 bits per heavy atom. The fourth-order valence-corrected chi connectivity index (χ4v) is 11.4. The lowest BCUT2D eigenvalue weighted by molar-refractivity contribution is 1.19. The largest absolute Gasteiger partial charge is 0.309 e. The number of fused-ring (bicyclic) bond motifs is 9. The quantitative estimate of drug-likeness (QED) is 0.122. The molecule has 1 N–H and O–H groups in total. The molecule has 11 aromatic carbocycles. The molecule has 0 aliphatic carbocycles. The normalized spacial score (nSPS) is 12.1. The van der Waals surface area contributed by atoms with E-state index in [1.165, 1.54) is 38.2 Å². The van der Waals surface area contributed by atoms with Crippen LogP contribution < -0.4 is 0 Å².